The Morgan fingerprint density at radius 1 is 1.31 bits per heavy atom. The maximum absolute atomic E-state index is 12.2. The Labute approximate surface area is 89.7 Å². The molecule has 0 unspecified atom stereocenters. The fourth-order valence-electron chi connectivity index (χ4n) is 1.33. The molecule has 3 nitrogen and oxygen atoms in total. The number of aromatic nitrogens is 2. The van der Waals surface area contributed by atoms with Gasteiger partial charge in [0.2, 0.25) is 0 Å². The van der Waals surface area contributed by atoms with Crippen LogP contribution in [0, 0.1) is 5.92 Å². The summed E-state index contributed by atoms with van der Waals surface area (Å²) in [5.74, 6) is 0.123. The lowest BCUT2D eigenvalue weighted by molar-refractivity contribution is -0.141. The van der Waals surface area contributed by atoms with E-state index in [0.717, 1.165) is 18.9 Å². The molecule has 0 N–H and O–H groups in total. The molecule has 1 aliphatic rings. The highest BCUT2D eigenvalue weighted by Gasteiger charge is 2.33. The zero-order chi connectivity index (χ0) is 11.8. The molecule has 1 saturated carbocycles. The molecule has 0 aromatic carbocycles. The maximum atomic E-state index is 12.2. The molecule has 0 spiro atoms. The Hall–Kier alpha value is -1.46. The Morgan fingerprint density at radius 3 is 2.44 bits per heavy atom. The predicted molar refractivity (Wildman–Crippen MR) is 48.5 cm³/mol. The van der Waals surface area contributed by atoms with E-state index in [1.165, 1.54) is 6.07 Å². The van der Waals surface area contributed by atoms with Crippen LogP contribution in [0.4, 0.5) is 13.2 Å². The molecule has 1 aromatic rings. The van der Waals surface area contributed by atoms with Crippen molar-refractivity contribution in [1.29, 1.82) is 0 Å². The van der Waals surface area contributed by atoms with Gasteiger partial charge in [0.15, 0.2) is 5.69 Å². The first-order valence-electron chi connectivity index (χ1n) is 4.89. The van der Waals surface area contributed by atoms with Gasteiger partial charge in [0.1, 0.15) is 5.78 Å². The molecule has 1 heterocycles. The number of carbonyl (C=O) groups is 1. The number of Topliss-reactive ketones (excluding diaryl/α,β-unsaturated/α-hetero) is 1. The second-order valence-electron chi connectivity index (χ2n) is 3.83. The standard InChI is InChI=1S/C10H9F3N2O/c11-10(12,13)9-4-3-7(14-15-9)5-8(16)6-1-2-6/h3-4,6H,1-2,5H2. The van der Waals surface area contributed by atoms with Gasteiger partial charge < -0.3 is 0 Å². The number of hydrogen-bond donors (Lipinski definition) is 0. The van der Waals surface area contributed by atoms with Gasteiger partial charge in [-0.2, -0.15) is 18.3 Å². The van der Waals surface area contributed by atoms with Crippen LogP contribution in [0.3, 0.4) is 0 Å². The average molecular weight is 230 g/mol. The summed E-state index contributed by atoms with van der Waals surface area (Å²) < 4.78 is 36.5. The molecule has 86 valence electrons. The summed E-state index contributed by atoms with van der Waals surface area (Å²) in [6.45, 7) is 0. The second kappa shape index (κ2) is 3.84. The van der Waals surface area contributed by atoms with Crippen LogP contribution in [-0.4, -0.2) is 16.0 Å². The van der Waals surface area contributed by atoms with Gasteiger partial charge in [-0.3, -0.25) is 4.79 Å². The van der Waals surface area contributed by atoms with Gasteiger partial charge in [0.25, 0.3) is 0 Å². The van der Waals surface area contributed by atoms with E-state index in [-0.39, 0.29) is 18.1 Å². The molecule has 0 saturated heterocycles. The van der Waals surface area contributed by atoms with E-state index in [0.29, 0.717) is 5.69 Å². The molecule has 1 aliphatic carbocycles. The quantitative estimate of drug-likeness (QED) is 0.797. The molecule has 1 aromatic heterocycles. The van der Waals surface area contributed by atoms with Crippen molar-refractivity contribution < 1.29 is 18.0 Å². The van der Waals surface area contributed by atoms with E-state index in [9.17, 15) is 18.0 Å². The normalized spacial score (nSPS) is 16.2. The topological polar surface area (TPSA) is 42.9 Å². The second-order valence-corrected chi connectivity index (χ2v) is 3.83. The van der Waals surface area contributed by atoms with E-state index in [1.54, 1.807) is 0 Å². The molecule has 16 heavy (non-hydrogen) atoms. The molecule has 0 atom stereocenters. The van der Waals surface area contributed by atoms with Gasteiger partial charge in [-0.15, -0.1) is 5.10 Å². The monoisotopic (exact) mass is 230 g/mol. The third-order valence-electron chi connectivity index (χ3n) is 2.40. The molecule has 0 aliphatic heterocycles. The highest BCUT2D eigenvalue weighted by molar-refractivity contribution is 5.84. The van der Waals surface area contributed by atoms with Crippen molar-refractivity contribution in [3.05, 3.63) is 23.5 Å². The first kappa shape index (κ1) is 11.0. The van der Waals surface area contributed by atoms with Gasteiger partial charge in [-0.1, -0.05) is 0 Å². The molecule has 1 fully saturated rings. The van der Waals surface area contributed by atoms with Crippen LogP contribution in [0.5, 0.6) is 0 Å². The number of nitrogens with zero attached hydrogens (tertiary/aromatic N) is 2. The maximum Gasteiger partial charge on any atom is 0.435 e. The van der Waals surface area contributed by atoms with Crippen LogP contribution in [0.1, 0.15) is 24.2 Å². The lowest BCUT2D eigenvalue weighted by Crippen LogP contribution is -2.12. The molecular weight excluding hydrogens is 221 g/mol. The molecule has 2 rings (SSSR count). The van der Waals surface area contributed by atoms with Crippen LogP contribution in [0.2, 0.25) is 0 Å². The van der Waals surface area contributed by atoms with Gasteiger partial charge in [-0.25, -0.2) is 0 Å². The SMILES string of the molecule is O=C(Cc1ccc(C(F)(F)F)nn1)C1CC1. The molecule has 0 bridgehead atoms. The highest BCUT2D eigenvalue weighted by atomic mass is 19.4. The van der Waals surface area contributed by atoms with E-state index >= 15 is 0 Å². The fraction of sp³-hybridized carbons (Fsp3) is 0.500. The minimum absolute atomic E-state index is 0.0362. The minimum Gasteiger partial charge on any atom is -0.299 e. The van der Waals surface area contributed by atoms with Crippen molar-refractivity contribution in [1.82, 2.24) is 10.2 Å². The summed E-state index contributed by atoms with van der Waals surface area (Å²) in [5.41, 5.74) is -0.736. The Bertz CT molecular complexity index is 396. The summed E-state index contributed by atoms with van der Waals surface area (Å²) in [5, 5.41) is 6.46. The Balaban J connectivity index is 2.04. The lowest BCUT2D eigenvalue weighted by Gasteiger charge is -2.04. The molecule has 6 heteroatoms. The van der Waals surface area contributed by atoms with E-state index < -0.39 is 11.9 Å². The van der Waals surface area contributed by atoms with Crippen molar-refractivity contribution in [2.45, 2.75) is 25.4 Å². The fourth-order valence-corrected chi connectivity index (χ4v) is 1.33. The first-order chi connectivity index (χ1) is 7.47. The smallest absolute Gasteiger partial charge is 0.299 e. The number of carbonyl (C=O) groups excluding carboxylic acids is 1. The number of ketones is 1. The van der Waals surface area contributed by atoms with E-state index in [4.69, 9.17) is 0 Å². The number of rotatable bonds is 3. The van der Waals surface area contributed by atoms with Crippen molar-refractivity contribution in [2.24, 2.45) is 5.92 Å². The zero-order valence-corrected chi connectivity index (χ0v) is 8.29. The van der Waals surface area contributed by atoms with Crippen LogP contribution in [-0.2, 0) is 17.4 Å². The molecule has 0 radical (unpaired) electrons. The van der Waals surface area contributed by atoms with Crippen LogP contribution < -0.4 is 0 Å². The third kappa shape index (κ3) is 2.56. The lowest BCUT2D eigenvalue weighted by atomic mass is 10.1. The average Bonchev–Trinajstić information content (AvgIpc) is 3.00. The van der Waals surface area contributed by atoms with Crippen LogP contribution in [0.25, 0.3) is 0 Å². The third-order valence-corrected chi connectivity index (χ3v) is 2.40. The van der Waals surface area contributed by atoms with Crippen molar-refractivity contribution in [2.75, 3.05) is 0 Å². The Morgan fingerprint density at radius 2 is 2.00 bits per heavy atom. The summed E-state index contributed by atoms with van der Waals surface area (Å²) in [6, 6.07) is 2.05. The van der Waals surface area contributed by atoms with Gasteiger partial charge in [-0.05, 0) is 25.0 Å². The van der Waals surface area contributed by atoms with Crippen LogP contribution in [0.15, 0.2) is 12.1 Å². The number of alkyl halides is 3. The zero-order valence-electron chi connectivity index (χ0n) is 8.29. The van der Waals surface area contributed by atoms with Gasteiger partial charge in [0.05, 0.1) is 12.1 Å². The summed E-state index contributed by atoms with van der Waals surface area (Å²) >= 11 is 0. The van der Waals surface area contributed by atoms with Crippen molar-refractivity contribution in [3.8, 4) is 0 Å². The van der Waals surface area contributed by atoms with Crippen LogP contribution >= 0.6 is 0 Å². The van der Waals surface area contributed by atoms with Crippen molar-refractivity contribution in [3.63, 3.8) is 0 Å². The van der Waals surface area contributed by atoms with Gasteiger partial charge in [0, 0.05) is 5.92 Å². The predicted octanol–water partition coefficient (Wildman–Crippen LogP) is 2.02. The Kier molecular flexibility index (Phi) is 2.65. The summed E-state index contributed by atoms with van der Waals surface area (Å²) in [6.07, 6.45) is -2.64. The highest BCUT2D eigenvalue weighted by Crippen LogP contribution is 2.31. The molecular formula is C10H9F3N2O. The van der Waals surface area contributed by atoms with E-state index in [2.05, 4.69) is 10.2 Å². The first-order valence-corrected chi connectivity index (χ1v) is 4.89. The number of hydrogen-bond acceptors (Lipinski definition) is 3. The number of halogens is 3. The molecule has 0 amide bonds. The summed E-state index contributed by atoms with van der Waals surface area (Å²) in [4.78, 5) is 11.4. The summed E-state index contributed by atoms with van der Waals surface area (Å²) in [7, 11) is 0. The minimum atomic E-state index is -4.48. The van der Waals surface area contributed by atoms with Gasteiger partial charge >= 0.3 is 6.18 Å². The largest absolute Gasteiger partial charge is 0.435 e. The van der Waals surface area contributed by atoms with Crippen molar-refractivity contribution >= 4 is 5.78 Å². The van der Waals surface area contributed by atoms with E-state index in [1.807, 2.05) is 0 Å².